The van der Waals surface area contributed by atoms with Crippen LogP contribution in [0.4, 0.5) is 0 Å². The Morgan fingerprint density at radius 1 is 1.08 bits per heavy atom. The number of aryl methyl sites for hydroxylation is 1. The van der Waals surface area contributed by atoms with Gasteiger partial charge in [0.1, 0.15) is 23.1 Å². The SMILES string of the molecule is COc1cc(C2C(C#N)=C(N)Oc3cc(OC(=O)c4ccc(C)cc4)ccc32)ccc1OCCC(C)C. The molecule has 37 heavy (non-hydrogen) atoms. The number of benzene rings is 3. The van der Waals surface area contributed by atoms with Crippen molar-refractivity contribution in [2.24, 2.45) is 11.7 Å². The molecule has 0 aromatic heterocycles. The molecule has 0 bridgehead atoms. The number of ether oxygens (including phenoxy) is 4. The van der Waals surface area contributed by atoms with E-state index < -0.39 is 11.9 Å². The number of carbonyl (C=O) groups is 1. The van der Waals surface area contributed by atoms with Crippen LogP contribution in [0, 0.1) is 24.2 Å². The minimum Gasteiger partial charge on any atom is -0.493 e. The van der Waals surface area contributed by atoms with Crippen molar-refractivity contribution in [3.05, 3.63) is 94.4 Å². The molecule has 7 heteroatoms. The monoisotopic (exact) mass is 498 g/mol. The molecule has 1 atom stereocenters. The third-order valence-corrected chi connectivity index (χ3v) is 6.16. The van der Waals surface area contributed by atoms with Crippen LogP contribution in [0.5, 0.6) is 23.0 Å². The summed E-state index contributed by atoms with van der Waals surface area (Å²) in [5.41, 5.74) is 9.44. The fraction of sp³-hybridized carbons (Fsp3) is 0.267. The molecule has 4 rings (SSSR count). The molecule has 0 saturated heterocycles. The van der Waals surface area contributed by atoms with Crippen LogP contribution in [0.3, 0.4) is 0 Å². The molecule has 0 saturated carbocycles. The van der Waals surface area contributed by atoms with E-state index in [0.717, 1.165) is 23.1 Å². The maximum Gasteiger partial charge on any atom is 0.343 e. The summed E-state index contributed by atoms with van der Waals surface area (Å²) in [7, 11) is 1.58. The topological polar surface area (TPSA) is 104 Å². The summed E-state index contributed by atoms with van der Waals surface area (Å²) in [5, 5.41) is 9.89. The van der Waals surface area contributed by atoms with E-state index in [1.165, 1.54) is 0 Å². The normalized spacial score (nSPS) is 14.4. The van der Waals surface area contributed by atoms with Crippen LogP contribution in [0.15, 0.2) is 72.1 Å². The third kappa shape index (κ3) is 5.70. The minimum atomic E-state index is -0.491. The summed E-state index contributed by atoms with van der Waals surface area (Å²) in [5.74, 6) is 1.46. The number of nitrogens with two attached hydrogens (primary N) is 1. The average Bonchev–Trinajstić information content (AvgIpc) is 2.88. The van der Waals surface area contributed by atoms with Gasteiger partial charge in [0.2, 0.25) is 5.88 Å². The van der Waals surface area contributed by atoms with Gasteiger partial charge in [0, 0.05) is 11.6 Å². The lowest BCUT2D eigenvalue weighted by atomic mass is 9.83. The van der Waals surface area contributed by atoms with Gasteiger partial charge in [-0.2, -0.15) is 5.26 Å². The molecule has 0 spiro atoms. The van der Waals surface area contributed by atoms with Gasteiger partial charge in [-0.1, -0.05) is 43.7 Å². The molecular formula is C30H30N2O5. The molecule has 1 heterocycles. The first-order valence-corrected chi connectivity index (χ1v) is 12.1. The largest absolute Gasteiger partial charge is 0.493 e. The Morgan fingerprint density at radius 2 is 1.84 bits per heavy atom. The highest BCUT2D eigenvalue weighted by Gasteiger charge is 2.32. The molecule has 3 aromatic carbocycles. The molecule has 0 aliphatic carbocycles. The standard InChI is InChI=1S/C30H30N2O5/c1-18(2)13-14-35-25-12-9-21(15-27(25)34-4)28-23-11-10-22(16-26(23)37-29(32)24(28)17-31)36-30(33)20-7-5-19(3)6-8-20/h5-12,15-16,18,28H,13-14,32H2,1-4H3. The van der Waals surface area contributed by atoms with Crippen molar-refractivity contribution in [3.8, 4) is 29.1 Å². The Balaban J connectivity index is 1.64. The summed E-state index contributed by atoms with van der Waals surface area (Å²) in [4.78, 5) is 12.6. The Hall–Kier alpha value is -4.44. The Labute approximate surface area is 217 Å². The van der Waals surface area contributed by atoms with Gasteiger partial charge >= 0.3 is 5.97 Å². The minimum absolute atomic E-state index is 0.00163. The van der Waals surface area contributed by atoms with Gasteiger partial charge in [-0.15, -0.1) is 0 Å². The fourth-order valence-electron chi connectivity index (χ4n) is 4.09. The average molecular weight is 499 g/mol. The van der Waals surface area contributed by atoms with Crippen molar-refractivity contribution >= 4 is 5.97 Å². The number of carbonyl (C=O) groups excluding carboxylic acids is 1. The van der Waals surface area contributed by atoms with Crippen LogP contribution in [0.2, 0.25) is 0 Å². The molecular weight excluding hydrogens is 468 g/mol. The molecule has 7 nitrogen and oxygen atoms in total. The van der Waals surface area contributed by atoms with Crippen LogP contribution in [-0.2, 0) is 0 Å². The highest BCUT2D eigenvalue weighted by molar-refractivity contribution is 5.91. The lowest BCUT2D eigenvalue weighted by Gasteiger charge is -2.27. The first-order chi connectivity index (χ1) is 17.8. The second kappa shape index (κ2) is 11.1. The number of hydrogen-bond donors (Lipinski definition) is 1. The third-order valence-electron chi connectivity index (χ3n) is 6.16. The van der Waals surface area contributed by atoms with Gasteiger partial charge < -0.3 is 24.7 Å². The van der Waals surface area contributed by atoms with Crippen molar-refractivity contribution < 1.29 is 23.7 Å². The molecule has 2 N–H and O–H groups in total. The van der Waals surface area contributed by atoms with E-state index in [0.29, 0.717) is 41.1 Å². The zero-order valence-electron chi connectivity index (χ0n) is 21.4. The molecule has 0 amide bonds. The Bertz CT molecular complexity index is 1370. The van der Waals surface area contributed by atoms with Crippen LogP contribution < -0.4 is 24.7 Å². The van der Waals surface area contributed by atoms with E-state index in [-0.39, 0.29) is 11.5 Å². The molecule has 1 unspecified atom stereocenters. The van der Waals surface area contributed by atoms with Gasteiger partial charge in [-0.05, 0) is 55.2 Å². The molecule has 190 valence electrons. The number of hydrogen-bond acceptors (Lipinski definition) is 7. The zero-order chi connectivity index (χ0) is 26.5. The molecule has 1 aliphatic rings. The number of nitrogens with zero attached hydrogens (tertiary/aromatic N) is 1. The van der Waals surface area contributed by atoms with E-state index in [1.54, 1.807) is 37.4 Å². The van der Waals surface area contributed by atoms with E-state index in [9.17, 15) is 10.1 Å². The summed E-state index contributed by atoms with van der Waals surface area (Å²) < 4.78 is 22.8. The first kappa shape index (κ1) is 25.6. The first-order valence-electron chi connectivity index (χ1n) is 12.1. The summed E-state index contributed by atoms with van der Waals surface area (Å²) in [6.45, 7) is 6.80. The number of esters is 1. The van der Waals surface area contributed by atoms with E-state index in [2.05, 4.69) is 19.9 Å². The van der Waals surface area contributed by atoms with Crippen LogP contribution in [0.1, 0.15) is 53.2 Å². The molecule has 1 aliphatic heterocycles. The predicted octanol–water partition coefficient (Wildman–Crippen LogP) is 5.87. The fourth-order valence-corrected chi connectivity index (χ4v) is 4.09. The number of rotatable bonds is 8. The quantitative estimate of drug-likeness (QED) is 0.306. The van der Waals surface area contributed by atoms with Crippen molar-refractivity contribution in [1.29, 1.82) is 5.26 Å². The van der Waals surface area contributed by atoms with Crippen LogP contribution in [0.25, 0.3) is 0 Å². The van der Waals surface area contributed by atoms with Crippen molar-refractivity contribution in [1.82, 2.24) is 0 Å². The molecule has 0 radical (unpaired) electrons. The lowest BCUT2D eigenvalue weighted by molar-refractivity contribution is 0.0734. The lowest BCUT2D eigenvalue weighted by Crippen LogP contribution is -2.21. The highest BCUT2D eigenvalue weighted by Crippen LogP contribution is 2.45. The van der Waals surface area contributed by atoms with Gasteiger partial charge in [-0.25, -0.2) is 4.79 Å². The van der Waals surface area contributed by atoms with Gasteiger partial charge in [0.15, 0.2) is 11.5 Å². The Morgan fingerprint density at radius 3 is 2.51 bits per heavy atom. The molecule has 3 aromatic rings. The maximum atomic E-state index is 12.6. The van der Waals surface area contributed by atoms with E-state index in [1.807, 2.05) is 37.3 Å². The number of allylic oxidation sites excluding steroid dienone is 1. The Kier molecular flexibility index (Phi) is 7.69. The van der Waals surface area contributed by atoms with Crippen LogP contribution >= 0.6 is 0 Å². The summed E-state index contributed by atoms with van der Waals surface area (Å²) in [6.07, 6.45) is 0.924. The molecule has 0 fully saturated rings. The van der Waals surface area contributed by atoms with E-state index >= 15 is 0 Å². The van der Waals surface area contributed by atoms with E-state index in [4.69, 9.17) is 24.7 Å². The van der Waals surface area contributed by atoms with Gasteiger partial charge in [-0.3, -0.25) is 0 Å². The van der Waals surface area contributed by atoms with Crippen LogP contribution in [-0.4, -0.2) is 19.7 Å². The predicted molar refractivity (Wildman–Crippen MR) is 140 cm³/mol. The maximum absolute atomic E-state index is 12.6. The zero-order valence-corrected chi connectivity index (χ0v) is 21.4. The van der Waals surface area contributed by atoms with Gasteiger partial charge in [0.25, 0.3) is 0 Å². The second-order valence-electron chi connectivity index (χ2n) is 9.32. The summed E-state index contributed by atoms with van der Waals surface area (Å²) >= 11 is 0. The van der Waals surface area contributed by atoms with Crippen molar-refractivity contribution in [2.45, 2.75) is 33.1 Å². The van der Waals surface area contributed by atoms with Gasteiger partial charge in [0.05, 0.1) is 25.2 Å². The van der Waals surface area contributed by atoms with Crippen molar-refractivity contribution in [2.75, 3.05) is 13.7 Å². The second-order valence-corrected chi connectivity index (χ2v) is 9.32. The smallest absolute Gasteiger partial charge is 0.343 e. The van der Waals surface area contributed by atoms with Crippen molar-refractivity contribution in [3.63, 3.8) is 0 Å². The highest BCUT2D eigenvalue weighted by atomic mass is 16.5. The number of fused-ring (bicyclic) bond motifs is 1. The number of methoxy groups -OCH3 is 1. The number of nitriles is 1. The summed E-state index contributed by atoms with van der Waals surface area (Å²) in [6, 6.07) is 20.0.